The molecular formula is C12H23BrN2O3S. The molecule has 7 heteroatoms. The van der Waals surface area contributed by atoms with E-state index in [1.807, 2.05) is 0 Å². The first-order valence-electron chi connectivity index (χ1n) is 6.90. The third kappa shape index (κ3) is 3.91. The first-order valence-corrected chi connectivity index (χ1v) is 9.46. The molecule has 2 atom stereocenters. The standard InChI is InChI=1S/C12H23BrN2O3S/c1-11-3-2-4-12(9-11,10-13)14-19(16,17)15-5-7-18-8-6-15/h11,14H,2-10H2,1H3. The molecule has 2 aliphatic rings. The zero-order chi connectivity index (χ0) is 13.9. The van der Waals surface area contributed by atoms with Gasteiger partial charge in [0.1, 0.15) is 0 Å². The number of hydrogen-bond acceptors (Lipinski definition) is 3. The van der Waals surface area contributed by atoms with Crippen LogP contribution in [0.5, 0.6) is 0 Å². The van der Waals surface area contributed by atoms with E-state index in [1.165, 1.54) is 10.7 Å². The second kappa shape index (κ2) is 6.39. The second-order valence-corrected chi connectivity index (χ2v) is 7.97. The zero-order valence-corrected chi connectivity index (χ0v) is 13.8. The molecule has 0 amide bonds. The van der Waals surface area contributed by atoms with Crippen LogP contribution in [0.25, 0.3) is 0 Å². The van der Waals surface area contributed by atoms with Crippen LogP contribution in [0.1, 0.15) is 32.6 Å². The first-order chi connectivity index (χ1) is 8.97. The van der Waals surface area contributed by atoms with Crippen molar-refractivity contribution in [3.05, 3.63) is 0 Å². The van der Waals surface area contributed by atoms with Crippen LogP contribution in [0.15, 0.2) is 0 Å². The van der Waals surface area contributed by atoms with Crippen molar-refractivity contribution in [2.75, 3.05) is 31.6 Å². The van der Waals surface area contributed by atoms with Crippen LogP contribution in [0, 0.1) is 5.92 Å². The van der Waals surface area contributed by atoms with E-state index in [4.69, 9.17) is 4.74 Å². The van der Waals surface area contributed by atoms with Gasteiger partial charge in [0, 0.05) is 24.0 Å². The Labute approximate surface area is 124 Å². The van der Waals surface area contributed by atoms with Gasteiger partial charge >= 0.3 is 0 Å². The van der Waals surface area contributed by atoms with E-state index in [9.17, 15) is 8.42 Å². The summed E-state index contributed by atoms with van der Waals surface area (Å²) >= 11 is 3.50. The number of rotatable bonds is 4. The molecular weight excluding hydrogens is 332 g/mol. The van der Waals surface area contributed by atoms with Crippen LogP contribution in [0.3, 0.4) is 0 Å². The van der Waals surface area contributed by atoms with Crippen molar-refractivity contribution in [2.45, 2.75) is 38.1 Å². The first kappa shape index (κ1) is 15.7. The fourth-order valence-corrected chi connectivity index (χ4v) is 5.43. The molecule has 0 aromatic rings. The van der Waals surface area contributed by atoms with Gasteiger partial charge in [0.15, 0.2) is 0 Å². The molecule has 1 saturated carbocycles. The van der Waals surface area contributed by atoms with E-state index in [1.54, 1.807) is 0 Å². The van der Waals surface area contributed by atoms with Gasteiger partial charge in [0.25, 0.3) is 10.2 Å². The van der Waals surface area contributed by atoms with Crippen molar-refractivity contribution < 1.29 is 13.2 Å². The lowest BCUT2D eigenvalue weighted by atomic mass is 9.78. The van der Waals surface area contributed by atoms with Crippen LogP contribution < -0.4 is 4.72 Å². The third-order valence-corrected chi connectivity index (χ3v) is 6.81. The highest BCUT2D eigenvalue weighted by atomic mass is 79.9. The summed E-state index contributed by atoms with van der Waals surface area (Å²) in [5.74, 6) is 0.568. The van der Waals surface area contributed by atoms with Gasteiger partial charge in [-0.05, 0) is 18.8 Å². The van der Waals surface area contributed by atoms with Gasteiger partial charge in [-0.3, -0.25) is 0 Å². The number of halogens is 1. The molecule has 2 fully saturated rings. The summed E-state index contributed by atoms with van der Waals surface area (Å²) in [5, 5.41) is 0.675. The molecule has 1 saturated heterocycles. The Morgan fingerprint density at radius 3 is 2.68 bits per heavy atom. The largest absolute Gasteiger partial charge is 0.379 e. The summed E-state index contributed by atoms with van der Waals surface area (Å²) in [6.07, 6.45) is 4.08. The number of hydrogen-bond donors (Lipinski definition) is 1. The van der Waals surface area contributed by atoms with Crippen LogP contribution in [-0.4, -0.2) is 49.9 Å². The van der Waals surface area contributed by atoms with Crippen molar-refractivity contribution >= 4 is 26.1 Å². The minimum atomic E-state index is -3.40. The van der Waals surface area contributed by atoms with Crippen molar-refractivity contribution in [1.82, 2.24) is 9.03 Å². The lowest BCUT2D eigenvalue weighted by molar-refractivity contribution is 0.0715. The van der Waals surface area contributed by atoms with E-state index in [0.29, 0.717) is 37.6 Å². The Morgan fingerprint density at radius 2 is 2.11 bits per heavy atom. The maximum absolute atomic E-state index is 12.5. The number of ether oxygens (including phenoxy) is 1. The lowest BCUT2D eigenvalue weighted by Crippen LogP contribution is -2.57. The minimum Gasteiger partial charge on any atom is -0.379 e. The van der Waals surface area contributed by atoms with E-state index < -0.39 is 10.2 Å². The summed E-state index contributed by atoms with van der Waals surface area (Å²) in [5.41, 5.74) is -0.325. The molecule has 0 radical (unpaired) electrons. The zero-order valence-electron chi connectivity index (χ0n) is 11.4. The topological polar surface area (TPSA) is 58.6 Å². The van der Waals surface area contributed by atoms with Gasteiger partial charge in [-0.15, -0.1) is 0 Å². The third-order valence-electron chi connectivity index (χ3n) is 4.00. The highest BCUT2D eigenvalue weighted by Gasteiger charge is 2.39. The van der Waals surface area contributed by atoms with Crippen molar-refractivity contribution in [3.8, 4) is 0 Å². The summed E-state index contributed by atoms with van der Waals surface area (Å²) in [6.45, 7) is 4.06. The van der Waals surface area contributed by atoms with Crippen LogP contribution >= 0.6 is 15.9 Å². The summed E-state index contributed by atoms with van der Waals surface area (Å²) in [6, 6.07) is 0. The Balaban J connectivity index is 2.07. The van der Waals surface area contributed by atoms with E-state index in [0.717, 1.165) is 19.3 Å². The highest BCUT2D eigenvalue weighted by Crippen LogP contribution is 2.34. The number of alkyl halides is 1. The molecule has 1 aliphatic carbocycles. The summed E-state index contributed by atoms with van der Waals surface area (Å²) < 4.78 is 34.6. The Kier molecular flexibility index (Phi) is 5.28. The molecule has 112 valence electrons. The molecule has 1 heterocycles. The lowest BCUT2D eigenvalue weighted by Gasteiger charge is -2.40. The average Bonchev–Trinajstić information content (AvgIpc) is 2.39. The number of nitrogens with zero attached hydrogens (tertiary/aromatic N) is 1. The normalized spacial score (nSPS) is 34.3. The minimum absolute atomic E-state index is 0.325. The average molecular weight is 355 g/mol. The molecule has 1 aliphatic heterocycles. The molecule has 0 aromatic heterocycles. The van der Waals surface area contributed by atoms with Crippen LogP contribution in [-0.2, 0) is 14.9 Å². The predicted molar refractivity (Wildman–Crippen MR) is 78.6 cm³/mol. The van der Waals surface area contributed by atoms with Gasteiger partial charge < -0.3 is 4.74 Å². The van der Waals surface area contributed by atoms with Crippen LogP contribution in [0.2, 0.25) is 0 Å². The monoisotopic (exact) mass is 354 g/mol. The molecule has 19 heavy (non-hydrogen) atoms. The molecule has 2 rings (SSSR count). The summed E-state index contributed by atoms with van der Waals surface area (Å²) in [7, 11) is -3.40. The second-order valence-electron chi connectivity index (χ2n) is 5.73. The molecule has 0 aromatic carbocycles. The van der Waals surface area contributed by atoms with E-state index in [-0.39, 0.29) is 5.54 Å². The quantitative estimate of drug-likeness (QED) is 0.778. The van der Waals surface area contributed by atoms with Crippen molar-refractivity contribution in [1.29, 1.82) is 0 Å². The highest BCUT2D eigenvalue weighted by molar-refractivity contribution is 9.09. The Hall–Kier alpha value is 0.310. The van der Waals surface area contributed by atoms with Gasteiger partial charge in [-0.25, -0.2) is 0 Å². The van der Waals surface area contributed by atoms with Gasteiger partial charge in [-0.1, -0.05) is 35.7 Å². The predicted octanol–water partition coefficient (Wildman–Crippen LogP) is 1.50. The molecule has 0 bridgehead atoms. The SMILES string of the molecule is CC1CCCC(CBr)(NS(=O)(=O)N2CCOCC2)C1. The van der Waals surface area contributed by atoms with E-state index in [2.05, 4.69) is 27.6 Å². The van der Waals surface area contributed by atoms with Crippen molar-refractivity contribution in [2.24, 2.45) is 5.92 Å². The fraction of sp³-hybridized carbons (Fsp3) is 1.00. The molecule has 5 nitrogen and oxygen atoms in total. The molecule has 2 unspecified atom stereocenters. The Morgan fingerprint density at radius 1 is 1.42 bits per heavy atom. The van der Waals surface area contributed by atoms with Gasteiger partial charge in [-0.2, -0.15) is 17.4 Å². The smallest absolute Gasteiger partial charge is 0.280 e. The van der Waals surface area contributed by atoms with Gasteiger partial charge in [0.05, 0.1) is 13.2 Å². The summed E-state index contributed by atoms with van der Waals surface area (Å²) in [4.78, 5) is 0. The number of morpholine rings is 1. The van der Waals surface area contributed by atoms with Crippen molar-refractivity contribution in [3.63, 3.8) is 0 Å². The Bertz CT molecular complexity index is 398. The molecule has 1 N–H and O–H groups in total. The fourth-order valence-electron chi connectivity index (χ4n) is 3.03. The maximum atomic E-state index is 12.5. The maximum Gasteiger partial charge on any atom is 0.280 e. The number of nitrogens with one attached hydrogen (secondary N) is 1. The van der Waals surface area contributed by atoms with Crippen LogP contribution in [0.4, 0.5) is 0 Å². The van der Waals surface area contributed by atoms with E-state index >= 15 is 0 Å². The molecule has 0 spiro atoms. The van der Waals surface area contributed by atoms with Gasteiger partial charge in [0.2, 0.25) is 0 Å².